The standard InChI is InChI=1S/C23H28O12/c1-13(24)29-11-18-20(32-14(2)25)21(33-15(3)26)22(34-16(4)27)23(35-18)31-12-19(28)30-10-17-8-6-5-7-9-17/h5-9,18,20-23H,10-12H2,1-4H3/t18-,20-,21+,22+,23?/m1/s1. The summed E-state index contributed by atoms with van der Waals surface area (Å²) in [7, 11) is 0. The Balaban J connectivity index is 2.21. The first-order chi connectivity index (χ1) is 16.6. The first-order valence-electron chi connectivity index (χ1n) is 10.7. The largest absolute Gasteiger partial charge is 0.463 e. The Hall–Kier alpha value is -3.51. The summed E-state index contributed by atoms with van der Waals surface area (Å²) >= 11 is 0. The van der Waals surface area contributed by atoms with Crippen LogP contribution < -0.4 is 0 Å². The fraction of sp³-hybridized carbons (Fsp3) is 0.522. The molecule has 0 amide bonds. The molecule has 1 unspecified atom stereocenters. The van der Waals surface area contributed by atoms with Crippen LogP contribution in [0.15, 0.2) is 30.3 Å². The van der Waals surface area contributed by atoms with E-state index in [9.17, 15) is 24.0 Å². The Labute approximate surface area is 201 Å². The Morgan fingerprint density at radius 2 is 1.31 bits per heavy atom. The minimum Gasteiger partial charge on any atom is -0.463 e. The second kappa shape index (κ2) is 13.4. The van der Waals surface area contributed by atoms with Crippen LogP contribution in [0.2, 0.25) is 0 Å². The van der Waals surface area contributed by atoms with Crippen LogP contribution in [0.4, 0.5) is 0 Å². The maximum atomic E-state index is 12.2. The number of hydrogen-bond acceptors (Lipinski definition) is 12. The number of benzene rings is 1. The predicted octanol–water partition coefficient (Wildman–Crippen LogP) is 0.829. The minimum absolute atomic E-state index is 0.00159. The molecule has 0 saturated carbocycles. The van der Waals surface area contributed by atoms with E-state index in [4.69, 9.17) is 33.2 Å². The number of hydrogen-bond donors (Lipinski definition) is 0. The molecule has 12 heteroatoms. The van der Waals surface area contributed by atoms with Crippen LogP contribution in [-0.4, -0.2) is 73.8 Å². The van der Waals surface area contributed by atoms with Crippen LogP contribution in [0.25, 0.3) is 0 Å². The van der Waals surface area contributed by atoms with Gasteiger partial charge in [-0.3, -0.25) is 19.2 Å². The summed E-state index contributed by atoms with van der Waals surface area (Å²) < 4.78 is 37.2. The first kappa shape index (κ1) is 27.7. The molecular formula is C23H28O12. The van der Waals surface area contributed by atoms with Crippen LogP contribution in [0.1, 0.15) is 33.3 Å². The smallest absolute Gasteiger partial charge is 0.332 e. The topological polar surface area (TPSA) is 150 Å². The molecule has 1 aromatic carbocycles. The van der Waals surface area contributed by atoms with E-state index in [2.05, 4.69) is 0 Å². The summed E-state index contributed by atoms with van der Waals surface area (Å²) in [6, 6.07) is 8.94. The average molecular weight is 496 g/mol. The average Bonchev–Trinajstić information content (AvgIpc) is 2.78. The molecule has 2 rings (SSSR count). The lowest BCUT2D eigenvalue weighted by Gasteiger charge is -2.43. The van der Waals surface area contributed by atoms with Crippen LogP contribution >= 0.6 is 0 Å². The maximum Gasteiger partial charge on any atom is 0.332 e. The second-order valence-corrected chi connectivity index (χ2v) is 7.52. The van der Waals surface area contributed by atoms with E-state index in [0.717, 1.165) is 33.3 Å². The molecule has 35 heavy (non-hydrogen) atoms. The molecular weight excluding hydrogens is 468 g/mol. The van der Waals surface area contributed by atoms with Crippen molar-refractivity contribution in [1.29, 1.82) is 0 Å². The monoisotopic (exact) mass is 496 g/mol. The molecule has 12 nitrogen and oxygen atoms in total. The summed E-state index contributed by atoms with van der Waals surface area (Å²) in [4.78, 5) is 58.8. The summed E-state index contributed by atoms with van der Waals surface area (Å²) in [5.41, 5.74) is 0.758. The fourth-order valence-corrected chi connectivity index (χ4v) is 3.25. The van der Waals surface area contributed by atoms with Gasteiger partial charge in [-0.05, 0) is 5.56 Å². The summed E-state index contributed by atoms with van der Waals surface area (Å²) in [5, 5.41) is 0. The quantitative estimate of drug-likeness (QED) is 0.333. The van der Waals surface area contributed by atoms with Crippen molar-refractivity contribution in [1.82, 2.24) is 0 Å². The van der Waals surface area contributed by atoms with Gasteiger partial charge in [0.15, 0.2) is 24.6 Å². The van der Waals surface area contributed by atoms with Crippen molar-refractivity contribution in [2.75, 3.05) is 13.2 Å². The van der Waals surface area contributed by atoms with Crippen LogP contribution in [0.5, 0.6) is 0 Å². The number of esters is 5. The zero-order valence-electron chi connectivity index (χ0n) is 19.8. The van der Waals surface area contributed by atoms with Gasteiger partial charge in [-0.1, -0.05) is 30.3 Å². The molecule has 0 N–H and O–H groups in total. The molecule has 0 spiro atoms. The number of rotatable bonds is 10. The van der Waals surface area contributed by atoms with Crippen molar-refractivity contribution in [2.45, 2.75) is 65.0 Å². The predicted molar refractivity (Wildman–Crippen MR) is 114 cm³/mol. The van der Waals surface area contributed by atoms with Gasteiger partial charge >= 0.3 is 29.8 Å². The lowest BCUT2D eigenvalue weighted by atomic mass is 9.98. The van der Waals surface area contributed by atoms with Crippen molar-refractivity contribution in [3.8, 4) is 0 Å². The minimum atomic E-state index is -1.46. The highest BCUT2D eigenvalue weighted by atomic mass is 16.7. The van der Waals surface area contributed by atoms with Crippen molar-refractivity contribution >= 4 is 29.8 Å². The van der Waals surface area contributed by atoms with Crippen molar-refractivity contribution in [3.05, 3.63) is 35.9 Å². The molecule has 1 heterocycles. The third-order valence-corrected chi connectivity index (χ3v) is 4.56. The van der Waals surface area contributed by atoms with Gasteiger partial charge in [-0.25, -0.2) is 4.79 Å². The van der Waals surface area contributed by atoms with Gasteiger partial charge < -0.3 is 33.2 Å². The zero-order chi connectivity index (χ0) is 26.0. The molecule has 1 fully saturated rings. The molecule has 1 aromatic rings. The van der Waals surface area contributed by atoms with E-state index in [1.54, 1.807) is 24.3 Å². The maximum absolute atomic E-state index is 12.2. The van der Waals surface area contributed by atoms with E-state index in [1.165, 1.54) is 0 Å². The van der Waals surface area contributed by atoms with E-state index in [1.807, 2.05) is 6.07 Å². The Morgan fingerprint density at radius 3 is 1.89 bits per heavy atom. The van der Waals surface area contributed by atoms with Gasteiger partial charge in [-0.15, -0.1) is 0 Å². The van der Waals surface area contributed by atoms with E-state index < -0.39 is 73.8 Å². The summed E-state index contributed by atoms with van der Waals surface area (Å²) in [5.74, 6) is -3.71. The van der Waals surface area contributed by atoms with Crippen LogP contribution in [-0.2, 0) is 63.7 Å². The van der Waals surface area contributed by atoms with Gasteiger partial charge in [0.2, 0.25) is 0 Å². The van der Waals surface area contributed by atoms with Gasteiger partial charge in [-0.2, -0.15) is 0 Å². The van der Waals surface area contributed by atoms with E-state index >= 15 is 0 Å². The molecule has 0 aromatic heterocycles. The molecule has 1 aliphatic rings. The van der Waals surface area contributed by atoms with Gasteiger partial charge in [0.05, 0.1) is 0 Å². The van der Waals surface area contributed by atoms with E-state index in [-0.39, 0.29) is 6.61 Å². The molecule has 5 atom stereocenters. The number of carbonyl (C=O) groups is 5. The third-order valence-electron chi connectivity index (χ3n) is 4.56. The van der Waals surface area contributed by atoms with Gasteiger partial charge in [0, 0.05) is 27.7 Å². The van der Waals surface area contributed by atoms with Gasteiger partial charge in [0.25, 0.3) is 0 Å². The highest BCUT2D eigenvalue weighted by Crippen LogP contribution is 2.30. The van der Waals surface area contributed by atoms with Crippen LogP contribution in [0.3, 0.4) is 0 Å². The van der Waals surface area contributed by atoms with Crippen molar-refractivity contribution < 1.29 is 57.1 Å². The normalized spacial score (nSPS) is 23.5. The second-order valence-electron chi connectivity index (χ2n) is 7.52. The third kappa shape index (κ3) is 9.33. The van der Waals surface area contributed by atoms with Crippen molar-refractivity contribution in [2.24, 2.45) is 0 Å². The summed E-state index contributed by atoms with van der Waals surface area (Å²) in [6.07, 6.45) is -6.76. The molecule has 0 aliphatic carbocycles. The lowest BCUT2D eigenvalue weighted by molar-refractivity contribution is -0.307. The Kier molecular flexibility index (Phi) is 10.6. The fourth-order valence-electron chi connectivity index (χ4n) is 3.25. The molecule has 192 valence electrons. The van der Waals surface area contributed by atoms with Crippen molar-refractivity contribution in [3.63, 3.8) is 0 Å². The lowest BCUT2D eigenvalue weighted by Crippen LogP contribution is -2.63. The molecule has 0 radical (unpaired) electrons. The Morgan fingerprint density at radius 1 is 0.743 bits per heavy atom. The molecule has 0 bridgehead atoms. The zero-order valence-corrected chi connectivity index (χ0v) is 19.8. The SMILES string of the molecule is CC(=O)OC[C@H]1OC(OCC(=O)OCc2ccccc2)[C@@H](OC(C)=O)[C@@H](OC(C)=O)[C@@H]1OC(C)=O. The number of ether oxygens (including phenoxy) is 7. The number of carbonyl (C=O) groups excluding carboxylic acids is 5. The summed E-state index contributed by atoms with van der Waals surface area (Å²) in [6.45, 7) is 3.45. The molecule has 1 aliphatic heterocycles. The Bertz CT molecular complexity index is 899. The van der Waals surface area contributed by atoms with Crippen LogP contribution in [0, 0.1) is 0 Å². The first-order valence-corrected chi connectivity index (χ1v) is 10.7. The van der Waals surface area contributed by atoms with E-state index in [0.29, 0.717) is 0 Å². The van der Waals surface area contributed by atoms with Gasteiger partial charge in [0.1, 0.15) is 25.9 Å². The molecule has 1 saturated heterocycles. The highest BCUT2D eigenvalue weighted by molar-refractivity contribution is 5.71. The highest BCUT2D eigenvalue weighted by Gasteiger charge is 2.52.